The van der Waals surface area contributed by atoms with Crippen LogP contribution in [0.25, 0.3) is 0 Å². The fraction of sp³-hybridized carbons (Fsp3) is 1.00. The Kier molecular flexibility index (Phi) is 6.27. The summed E-state index contributed by atoms with van der Waals surface area (Å²) in [5.74, 6) is 0. The number of rotatable bonds is 2. The van der Waals surface area contributed by atoms with Gasteiger partial charge in [-0.25, -0.2) is 13.1 Å². The van der Waals surface area contributed by atoms with Gasteiger partial charge in [0.1, 0.15) is 0 Å². The van der Waals surface area contributed by atoms with E-state index in [1.54, 1.807) is 0 Å². The zero-order valence-electron chi connectivity index (χ0n) is 7.34. The van der Waals surface area contributed by atoms with Gasteiger partial charge in [0.25, 0.3) is 0 Å². The van der Waals surface area contributed by atoms with Gasteiger partial charge in [-0.2, -0.15) is 0 Å². The molecule has 0 atom stereocenters. The summed E-state index contributed by atoms with van der Waals surface area (Å²) in [5.41, 5.74) is -0.183. The molecule has 1 N–H and O–H groups in total. The summed E-state index contributed by atoms with van der Waals surface area (Å²) in [4.78, 5) is 0. The van der Waals surface area contributed by atoms with Gasteiger partial charge < -0.3 is 4.55 Å². The average Bonchev–Trinajstić information content (AvgIpc) is 1.57. The van der Waals surface area contributed by atoms with E-state index in [9.17, 15) is 13.0 Å². The van der Waals surface area contributed by atoms with Crippen molar-refractivity contribution in [2.75, 3.05) is 6.54 Å². The van der Waals surface area contributed by atoms with Crippen LogP contribution in [0, 0.1) is 5.41 Å². The second kappa shape index (κ2) is 4.79. The summed E-state index contributed by atoms with van der Waals surface area (Å²) in [6, 6.07) is 0. The molecule has 0 aromatic rings. The van der Waals surface area contributed by atoms with Gasteiger partial charge in [-0.3, -0.25) is 0 Å². The van der Waals surface area contributed by atoms with E-state index < -0.39 is 10.3 Å². The predicted molar refractivity (Wildman–Crippen MR) is 37.2 cm³/mol. The van der Waals surface area contributed by atoms with Crippen LogP contribution in [0.5, 0.6) is 0 Å². The van der Waals surface area contributed by atoms with Crippen molar-refractivity contribution >= 4 is 10.3 Å². The molecule has 0 aliphatic heterocycles. The summed E-state index contributed by atoms with van der Waals surface area (Å²) in [6.07, 6.45) is 0. The molecule has 0 heterocycles. The minimum atomic E-state index is -4.26. The normalized spacial score (nSPS) is 12.4. The van der Waals surface area contributed by atoms with Gasteiger partial charge in [0.2, 0.25) is 0 Å². The first-order chi connectivity index (χ1) is 4.21. The third kappa shape index (κ3) is 13.8. The second-order valence-corrected chi connectivity index (χ2v) is 4.53. The van der Waals surface area contributed by atoms with Crippen LogP contribution < -0.4 is 34.3 Å². The Morgan fingerprint density at radius 3 is 1.82 bits per heavy atom. The van der Waals surface area contributed by atoms with E-state index in [0.717, 1.165) is 0 Å². The molecule has 0 spiro atoms. The Bertz CT molecular complexity index is 194. The molecule has 0 amide bonds. The molecule has 0 aromatic heterocycles. The van der Waals surface area contributed by atoms with Crippen molar-refractivity contribution in [1.82, 2.24) is 4.72 Å². The van der Waals surface area contributed by atoms with Gasteiger partial charge in [0, 0.05) is 6.54 Å². The van der Waals surface area contributed by atoms with Gasteiger partial charge in [-0.1, -0.05) is 20.8 Å². The number of hydrogen-bond acceptors (Lipinski definition) is 3. The minimum absolute atomic E-state index is 0. The van der Waals surface area contributed by atoms with E-state index in [-0.39, 0.29) is 41.5 Å². The van der Waals surface area contributed by atoms with E-state index >= 15 is 0 Å². The van der Waals surface area contributed by atoms with Crippen LogP contribution in [0.1, 0.15) is 20.8 Å². The maximum Gasteiger partial charge on any atom is 1.00 e. The average molecular weight is 189 g/mol. The zero-order valence-corrected chi connectivity index (χ0v) is 10.2. The molecule has 4 nitrogen and oxygen atoms in total. The van der Waals surface area contributed by atoms with Crippen molar-refractivity contribution in [2.24, 2.45) is 5.41 Å². The first-order valence-corrected chi connectivity index (χ1v) is 4.32. The van der Waals surface area contributed by atoms with E-state index in [2.05, 4.69) is 0 Å². The van der Waals surface area contributed by atoms with Crippen LogP contribution in [0.2, 0.25) is 0 Å². The molecular weight excluding hydrogens is 177 g/mol. The summed E-state index contributed by atoms with van der Waals surface area (Å²) in [6.45, 7) is 5.69. The van der Waals surface area contributed by atoms with Gasteiger partial charge in [-0.05, 0) is 5.41 Å². The Morgan fingerprint density at radius 2 is 1.73 bits per heavy atom. The Hall–Kier alpha value is 0.870. The van der Waals surface area contributed by atoms with Crippen LogP contribution in [-0.2, 0) is 10.3 Å². The van der Waals surface area contributed by atoms with Crippen molar-refractivity contribution in [1.29, 1.82) is 0 Å². The monoisotopic (exact) mass is 189 g/mol. The van der Waals surface area contributed by atoms with E-state index in [1.807, 2.05) is 25.5 Å². The van der Waals surface area contributed by atoms with Crippen molar-refractivity contribution in [3.05, 3.63) is 0 Å². The van der Waals surface area contributed by atoms with Gasteiger partial charge in [0.15, 0.2) is 10.3 Å². The Balaban J connectivity index is 0. The van der Waals surface area contributed by atoms with Gasteiger partial charge in [-0.15, -0.1) is 0 Å². The summed E-state index contributed by atoms with van der Waals surface area (Å²) < 4.78 is 31.9. The van der Waals surface area contributed by atoms with E-state index in [1.165, 1.54) is 0 Å². The first-order valence-electron chi connectivity index (χ1n) is 2.91. The standard InChI is InChI=1S/C5H13NO3S.Na/c1-5(2,3)4-6-10(7,8)9;/h6H,4H2,1-3H3,(H,7,8,9);/q;+1/p-1. The number of hydrogen-bond donors (Lipinski definition) is 1. The molecule has 0 saturated carbocycles. The molecule has 0 aliphatic rings. The van der Waals surface area contributed by atoms with Crippen LogP contribution in [0.15, 0.2) is 0 Å². The first kappa shape index (κ1) is 14.4. The molecule has 0 bridgehead atoms. The fourth-order valence-corrected chi connectivity index (χ4v) is 0.915. The maximum absolute atomic E-state index is 10.0. The van der Waals surface area contributed by atoms with Crippen LogP contribution in [-0.4, -0.2) is 19.5 Å². The molecule has 0 aliphatic carbocycles. The molecule has 0 aromatic carbocycles. The van der Waals surface area contributed by atoms with Crippen molar-refractivity contribution in [2.45, 2.75) is 20.8 Å². The van der Waals surface area contributed by atoms with Crippen molar-refractivity contribution in [3.63, 3.8) is 0 Å². The molecule has 0 fully saturated rings. The van der Waals surface area contributed by atoms with Crippen molar-refractivity contribution < 1.29 is 42.5 Å². The van der Waals surface area contributed by atoms with Gasteiger partial charge >= 0.3 is 29.6 Å². The molecule has 6 heteroatoms. The smallest absolute Gasteiger partial charge is 0.735 e. The quantitative estimate of drug-likeness (QED) is 0.374. The molecule has 0 rings (SSSR count). The van der Waals surface area contributed by atoms with Gasteiger partial charge in [0.05, 0.1) is 0 Å². The molecular formula is C5H12NNaO3S. The van der Waals surface area contributed by atoms with Crippen LogP contribution in [0.4, 0.5) is 0 Å². The molecule has 62 valence electrons. The Morgan fingerprint density at radius 1 is 1.36 bits per heavy atom. The minimum Gasteiger partial charge on any atom is -0.735 e. The zero-order chi connectivity index (χ0) is 8.41. The van der Waals surface area contributed by atoms with E-state index in [4.69, 9.17) is 0 Å². The van der Waals surface area contributed by atoms with Crippen LogP contribution in [0.3, 0.4) is 0 Å². The Labute approximate surface area is 89.9 Å². The topological polar surface area (TPSA) is 69.2 Å². The SMILES string of the molecule is CC(C)(C)CNS(=O)(=O)[O-].[Na+]. The number of nitrogens with one attached hydrogen (secondary N) is 1. The summed E-state index contributed by atoms with van der Waals surface area (Å²) in [5, 5.41) is 0. The summed E-state index contributed by atoms with van der Waals surface area (Å²) >= 11 is 0. The summed E-state index contributed by atoms with van der Waals surface area (Å²) in [7, 11) is -4.26. The fourth-order valence-electron chi connectivity index (χ4n) is 0.305. The van der Waals surface area contributed by atoms with Crippen LogP contribution >= 0.6 is 0 Å². The predicted octanol–water partition coefficient (Wildman–Crippen LogP) is -2.91. The molecule has 0 radical (unpaired) electrons. The largest absolute Gasteiger partial charge is 1.00 e. The van der Waals surface area contributed by atoms with E-state index in [0.29, 0.717) is 0 Å². The third-order valence-corrected chi connectivity index (χ3v) is 1.28. The second-order valence-electron chi connectivity index (χ2n) is 3.34. The third-order valence-electron chi connectivity index (χ3n) is 0.779. The molecule has 11 heavy (non-hydrogen) atoms. The maximum atomic E-state index is 10.0. The van der Waals surface area contributed by atoms with Crippen molar-refractivity contribution in [3.8, 4) is 0 Å². The molecule has 0 saturated heterocycles. The molecule has 0 unspecified atom stereocenters.